The lowest BCUT2D eigenvalue weighted by atomic mass is 10.6. The fourth-order valence-electron chi connectivity index (χ4n) is 0.209. The second-order valence-corrected chi connectivity index (χ2v) is 1.15. The molecule has 0 aromatic heterocycles. The van der Waals surface area contributed by atoms with E-state index in [1.807, 2.05) is 0 Å². The summed E-state index contributed by atoms with van der Waals surface area (Å²) in [6.07, 6.45) is 2.99. The lowest BCUT2D eigenvalue weighted by Gasteiger charge is -1.87. The molecule has 0 aliphatic heterocycles. The molecule has 0 aromatic carbocycles. The van der Waals surface area contributed by atoms with Gasteiger partial charge in [0.1, 0.15) is 0 Å². The van der Waals surface area contributed by atoms with Gasteiger partial charge in [-0.25, -0.2) is 4.79 Å². The standard InChI is InChI=1S/C4H9N3O/c5-2-1-3-7-4(6)8/h1,3H,2,5H2,(H3,6,7,8). The Balaban J connectivity index is 3.16. The molecule has 0 bridgehead atoms. The van der Waals surface area contributed by atoms with Crippen molar-refractivity contribution in [2.45, 2.75) is 0 Å². The van der Waals surface area contributed by atoms with Gasteiger partial charge in [-0.1, -0.05) is 6.08 Å². The van der Waals surface area contributed by atoms with Crippen molar-refractivity contribution in [1.82, 2.24) is 5.32 Å². The molecular formula is C4H9N3O. The zero-order chi connectivity index (χ0) is 6.41. The first-order valence-electron chi connectivity index (χ1n) is 2.18. The number of hydrogen-bond donors (Lipinski definition) is 3. The average molecular weight is 115 g/mol. The number of amides is 2. The van der Waals surface area contributed by atoms with E-state index in [4.69, 9.17) is 11.5 Å². The smallest absolute Gasteiger partial charge is 0.316 e. The Morgan fingerprint density at radius 1 is 1.75 bits per heavy atom. The van der Waals surface area contributed by atoms with Crippen LogP contribution in [-0.4, -0.2) is 12.6 Å². The molecule has 0 aliphatic rings. The van der Waals surface area contributed by atoms with Crippen molar-refractivity contribution in [3.8, 4) is 0 Å². The molecule has 0 aromatic rings. The predicted molar refractivity (Wildman–Crippen MR) is 30.9 cm³/mol. The van der Waals surface area contributed by atoms with Crippen LogP contribution in [0.1, 0.15) is 0 Å². The minimum Gasteiger partial charge on any atom is -0.351 e. The first-order valence-corrected chi connectivity index (χ1v) is 2.18. The van der Waals surface area contributed by atoms with Gasteiger partial charge in [-0.3, -0.25) is 0 Å². The van der Waals surface area contributed by atoms with E-state index < -0.39 is 6.03 Å². The summed E-state index contributed by atoms with van der Waals surface area (Å²) in [5.74, 6) is 0. The molecule has 0 radical (unpaired) electrons. The van der Waals surface area contributed by atoms with E-state index in [0.29, 0.717) is 6.54 Å². The van der Waals surface area contributed by atoms with Gasteiger partial charge < -0.3 is 16.8 Å². The summed E-state index contributed by atoms with van der Waals surface area (Å²) in [6.45, 7) is 0.403. The number of urea groups is 1. The fraction of sp³-hybridized carbons (Fsp3) is 0.250. The summed E-state index contributed by atoms with van der Waals surface area (Å²) in [5.41, 5.74) is 9.73. The van der Waals surface area contributed by atoms with Crippen LogP contribution < -0.4 is 16.8 Å². The molecule has 0 unspecified atom stereocenters. The van der Waals surface area contributed by atoms with E-state index in [2.05, 4.69) is 5.32 Å². The highest BCUT2D eigenvalue weighted by molar-refractivity contribution is 5.72. The number of nitrogens with one attached hydrogen (secondary N) is 1. The zero-order valence-corrected chi connectivity index (χ0v) is 4.42. The van der Waals surface area contributed by atoms with Crippen molar-refractivity contribution in [1.29, 1.82) is 0 Å². The molecule has 2 amide bonds. The first-order chi connectivity index (χ1) is 3.77. The quantitative estimate of drug-likeness (QED) is 0.437. The Labute approximate surface area is 47.5 Å². The molecular weight excluding hydrogens is 106 g/mol. The predicted octanol–water partition coefficient (Wildman–Crippen LogP) is -0.873. The van der Waals surface area contributed by atoms with Crippen molar-refractivity contribution < 1.29 is 4.79 Å². The Morgan fingerprint density at radius 2 is 2.38 bits per heavy atom. The lowest BCUT2D eigenvalue weighted by Crippen LogP contribution is -2.24. The molecule has 0 saturated heterocycles. The van der Waals surface area contributed by atoms with Crippen LogP contribution in [0.15, 0.2) is 12.3 Å². The number of nitrogens with two attached hydrogens (primary N) is 2. The molecule has 0 atom stereocenters. The van der Waals surface area contributed by atoms with Crippen LogP contribution in [0.4, 0.5) is 4.79 Å². The normalized spacial score (nSPS) is 9.62. The van der Waals surface area contributed by atoms with Crippen LogP contribution in [0.2, 0.25) is 0 Å². The minimum atomic E-state index is -0.574. The molecule has 0 saturated carbocycles. The number of primary amides is 1. The monoisotopic (exact) mass is 115 g/mol. The summed E-state index contributed by atoms with van der Waals surface area (Å²) >= 11 is 0. The Bertz CT molecular complexity index is 99.5. The Kier molecular flexibility index (Phi) is 3.60. The van der Waals surface area contributed by atoms with Crippen molar-refractivity contribution >= 4 is 6.03 Å². The van der Waals surface area contributed by atoms with Crippen LogP contribution in [0, 0.1) is 0 Å². The molecule has 0 spiro atoms. The van der Waals surface area contributed by atoms with E-state index in [1.54, 1.807) is 6.08 Å². The van der Waals surface area contributed by atoms with E-state index >= 15 is 0 Å². The Hall–Kier alpha value is -1.03. The third kappa shape index (κ3) is 4.97. The highest BCUT2D eigenvalue weighted by Crippen LogP contribution is 1.60. The molecule has 8 heavy (non-hydrogen) atoms. The first kappa shape index (κ1) is 6.97. The van der Waals surface area contributed by atoms with E-state index in [0.717, 1.165) is 0 Å². The van der Waals surface area contributed by atoms with Gasteiger partial charge in [-0.05, 0) is 0 Å². The van der Waals surface area contributed by atoms with E-state index in [9.17, 15) is 4.79 Å². The summed E-state index contributed by atoms with van der Waals surface area (Å²) in [4.78, 5) is 9.89. The van der Waals surface area contributed by atoms with Gasteiger partial charge in [0, 0.05) is 12.7 Å². The fourth-order valence-corrected chi connectivity index (χ4v) is 0.209. The third-order valence-corrected chi connectivity index (χ3v) is 0.480. The summed E-state index contributed by atoms with van der Waals surface area (Å²) in [6, 6.07) is -0.574. The van der Waals surface area contributed by atoms with Crippen molar-refractivity contribution in [3.05, 3.63) is 12.3 Å². The number of carbonyl (C=O) groups is 1. The largest absolute Gasteiger partial charge is 0.351 e. The van der Waals surface area contributed by atoms with Gasteiger partial charge >= 0.3 is 6.03 Å². The van der Waals surface area contributed by atoms with Crippen LogP contribution in [0.3, 0.4) is 0 Å². The molecule has 4 nitrogen and oxygen atoms in total. The lowest BCUT2D eigenvalue weighted by molar-refractivity contribution is 0.252. The van der Waals surface area contributed by atoms with Crippen LogP contribution in [0.25, 0.3) is 0 Å². The second-order valence-electron chi connectivity index (χ2n) is 1.15. The number of carbonyl (C=O) groups excluding carboxylic acids is 1. The van der Waals surface area contributed by atoms with E-state index in [1.165, 1.54) is 6.20 Å². The van der Waals surface area contributed by atoms with Crippen molar-refractivity contribution in [2.24, 2.45) is 11.5 Å². The van der Waals surface area contributed by atoms with Gasteiger partial charge in [0.15, 0.2) is 0 Å². The summed E-state index contributed by atoms with van der Waals surface area (Å²) < 4.78 is 0. The summed E-state index contributed by atoms with van der Waals surface area (Å²) in [7, 11) is 0. The highest BCUT2D eigenvalue weighted by atomic mass is 16.2. The molecule has 5 N–H and O–H groups in total. The van der Waals surface area contributed by atoms with Gasteiger partial charge in [0.2, 0.25) is 0 Å². The minimum absolute atomic E-state index is 0.403. The topological polar surface area (TPSA) is 81.1 Å². The molecule has 0 heterocycles. The maximum absolute atomic E-state index is 9.89. The van der Waals surface area contributed by atoms with Crippen LogP contribution in [0.5, 0.6) is 0 Å². The Morgan fingerprint density at radius 3 is 2.75 bits per heavy atom. The van der Waals surface area contributed by atoms with Crippen LogP contribution >= 0.6 is 0 Å². The average Bonchev–Trinajstić information content (AvgIpc) is 1.66. The van der Waals surface area contributed by atoms with Gasteiger partial charge in [0.05, 0.1) is 0 Å². The summed E-state index contributed by atoms with van der Waals surface area (Å²) in [5, 5.41) is 2.22. The molecule has 4 heteroatoms. The second kappa shape index (κ2) is 4.14. The van der Waals surface area contributed by atoms with Gasteiger partial charge in [-0.2, -0.15) is 0 Å². The van der Waals surface area contributed by atoms with Crippen molar-refractivity contribution in [2.75, 3.05) is 6.54 Å². The highest BCUT2D eigenvalue weighted by Gasteiger charge is 1.78. The van der Waals surface area contributed by atoms with Gasteiger partial charge in [-0.15, -0.1) is 0 Å². The van der Waals surface area contributed by atoms with Gasteiger partial charge in [0.25, 0.3) is 0 Å². The van der Waals surface area contributed by atoms with Crippen LogP contribution in [-0.2, 0) is 0 Å². The molecule has 0 aliphatic carbocycles. The maximum Gasteiger partial charge on any atom is 0.316 e. The molecule has 0 fully saturated rings. The number of rotatable bonds is 2. The SMILES string of the molecule is NCC=CNC(N)=O. The third-order valence-electron chi connectivity index (χ3n) is 0.480. The maximum atomic E-state index is 9.89. The molecule has 46 valence electrons. The number of hydrogen-bond acceptors (Lipinski definition) is 2. The van der Waals surface area contributed by atoms with E-state index in [-0.39, 0.29) is 0 Å². The zero-order valence-electron chi connectivity index (χ0n) is 4.42. The molecule has 0 rings (SSSR count). The van der Waals surface area contributed by atoms with Crippen molar-refractivity contribution in [3.63, 3.8) is 0 Å².